The maximum Gasteiger partial charge on any atom is 0.317 e. The second kappa shape index (κ2) is 8.34. The number of urea groups is 1. The molecule has 0 saturated carbocycles. The van der Waals surface area contributed by atoms with Crippen molar-refractivity contribution in [2.45, 2.75) is 51.1 Å². The first kappa shape index (κ1) is 16.3. The van der Waals surface area contributed by atoms with Crippen molar-refractivity contribution in [2.75, 3.05) is 26.2 Å². The van der Waals surface area contributed by atoms with Gasteiger partial charge >= 0.3 is 6.03 Å². The summed E-state index contributed by atoms with van der Waals surface area (Å²) in [5, 5.41) is 3.12. The van der Waals surface area contributed by atoms with Crippen LogP contribution < -0.4 is 5.32 Å². The van der Waals surface area contributed by atoms with Crippen LogP contribution in [-0.2, 0) is 6.54 Å². The first-order valence-corrected chi connectivity index (χ1v) is 9.14. The highest BCUT2D eigenvalue weighted by Crippen LogP contribution is 2.21. The Morgan fingerprint density at radius 3 is 2.57 bits per heavy atom. The Labute approximate surface area is 139 Å². The lowest BCUT2D eigenvalue weighted by Gasteiger charge is -2.36. The molecule has 0 aromatic heterocycles. The maximum atomic E-state index is 12.1. The molecule has 2 aliphatic heterocycles. The maximum absolute atomic E-state index is 12.1. The molecule has 2 heterocycles. The lowest BCUT2D eigenvalue weighted by atomic mass is 9.98. The van der Waals surface area contributed by atoms with E-state index < -0.39 is 0 Å². The molecule has 0 spiro atoms. The number of piperidine rings is 1. The highest BCUT2D eigenvalue weighted by Gasteiger charge is 2.23. The molecular weight excluding hydrogens is 286 g/mol. The van der Waals surface area contributed by atoms with Gasteiger partial charge in [-0.05, 0) is 44.2 Å². The van der Waals surface area contributed by atoms with Crippen LogP contribution in [0.4, 0.5) is 4.79 Å². The molecular formula is C19H29N3O. The fourth-order valence-electron chi connectivity index (χ4n) is 3.79. The topological polar surface area (TPSA) is 35.6 Å². The Morgan fingerprint density at radius 2 is 1.78 bits per heavy atom. The first-order chi connectivity index (χ1) is 11.3. The van der Waals surface area contributed by atoms with Gasteiger partial charge in [0.1, 0.15) is 0 Å². The third-order valence-electron chi connectivity index (χ3n) is 5.12. The van der Waals surface area contributed by atoms with Crippen LogP contribution in [0.15, 0.2) is 30.3 Å². The second-order valence-corrected chi connectivity index (χ2v) is 6.82. The molecule has 0 radical (unpaired) electrons. The molecule has 4 heteroatoms. The quantitative estimate of drug-likeness (QED) is 0.905. The molecule has 23 heavy (non-hydrogen) atoms. The SMILES string of the molecule is O=C(NCCC1CCCCN1Cc1ccccc1)N1CCCC1. The molecule has 1 N–H and O–H groups in total. The van der Waals surface area contributed by atoms with Crippen LogP contribution in [0, 0.1) is 0 Å². The Hall–Kier alpha value is -1.55. The van der Waals surface area contributed by atoms with E-state index in [0.717, 1.165) is 45.4 Å². The number of carbonyl (C=O) groups is 1. The summed E-state index contributed by atoms with van der Waals surface area (Å²) in [5.74, 6) is 0. The Kier molecular flexibility index (Phi) is 5.92. The van der Waals surface area contributed by atoms with Crippen LogP contribution in [0.5, 0.6) is 0 Å². The summed E-state index contributed by atoms with van der Waals surface area (Å²) in [4.78, 5) is 16.6. The van der Waals surface area contributed by atoms with Crippen LogP contribution in [0.1, 0.15) is 44.1 Å². The van der Waals surface area contributed by atoms with Gasteiger partial charge in [-0.15, -0.1) is 0 Å². The summed E-state index contributed by atoms with van der Waals surface area (Å²) in [7, 11) is 0. The molecule has 1 atom stereocenters. The van der Waals surface area contributed by atoms with E-state index >= 15 is 0 Å². The Balaban J connectivity index is 1.45. The minimum Gasteiger partial charge on any atom is -0.338 e. The van der Waals surface area contributed by atoms with Crippen LogP contribution in [0.3, 0.4) is 0 Å². The molecule has 1 unspecified atom stereocenters. The fourth-order valence-corrected chi connectivity index (χ4v) is 3.79. The van der Waals surface area contributed by atoms with Crippen molar-refractivity contribution in [3.05, 3.63) is 35.9 Å². The third kappa shape index (κ3) is 4.71. The molecule has 3 rings (SSSR count). The summed E-state index contributed by atoms with van der Waals surface area (Å²) < 4.78 is 0. The zero-order valence-electron chi connectivity index (χ0n) is 14.0. The fraction of sp³-hybridized carbons (Fsp3) is 0.632. The number of likely N-dealkylation sites (tertiary alicyclic amines) is 2. The first-order valence-electron chi connectivity index (χ1n) is 9.14. The van der Waals surface area contributed by atoms with Crippen molar-refractivity contribution in [2.24, 2.45) is 0 Å². The van der Waals surface area contributed by atoms with E-state index in [2.05, 4.69) is 40.5 Å². The van der Waals surface area contributed by atoms with E-state index in [9.17, 15) is 4.79 Å². The second-order valence-electron chi connectivity index (χ2n) is 6.82. The molecule has 1 aromatic rings. The Bertz CT molecular complexity index is 485. The molecule has 1 aromatic carbocycles. The van der Waals surface area contributed by atoms with Gasteiger partial charge in [0.25, 0.3) is 0 Å². The van der Waals surface area contributed by atoms with Gasteiger partial charge in [-0.25, -0.2) is 4.79 Å². The predicted octanol–water partition coefficient (Wildman–Crippen LogP) is 3.24. The summed E-state index contributed by atoms with van der Waals surface area (Å²) >= 11 is 0. The average molecular weight is 315 g/mol. The van der Waals surface area contributed by atoms with E-state index in [1.807, 2.05) is 4.90 Å². The lowest BCUT2D eigenvalue weighted by Crippen LogP contribution is -2.43. The van der Waals surface area contributed by atoms with Crippen LogP contribution in [0.25, 0.3) is 0 Å². The molecule has 2 fully saturated rings. The van der Waals surface area contributed by atoms with Crippen molar-refractivity contribution in [3.63, 3.8) is 0 Å². The van der Waals surface area contributed by atoms with Gasteiger partial charge in [-0.2, -0.15) is 0 Å². The number of hydrogen-bond acceptors (Lipinski definition) is 2. The molecule has 2 amide bonds. The van der Waals surface area contributed by atoms with Crippen LogP contribution >= 0.6 is 0 Å². The number of benzene rings is 1. The van der Waals surface area contributed by atoms with Gasteiger partial charge in [0, 0.05) is 32.2 Å². The van der Waals surface area contributed by atoms with Gasteiger partial charge in [0.2, 0.25) is 0 Å². The highest BCUT2D eigenvalue weighted by atomic mass is 16.2. The van der Waals surface area contributed by atoms with E-state index in [1.165, 1.54) is 31.4 Å². The largest absolute Gasteiger partial charge is 0.338 e. The molecule has 0 bridgehead atoms. The van der Waals surface area contributed by atoms with E-state index in [0.29, 0.717) is 6.04 Å². The Morgan fingerprint density at radius 1 is 1.04 bits per heavy atom. The summed E-state index contributed by atoms with van der Waals surface area (Å²) in [6.07, 6.45) is 7.24. The van der Waals surface area contributed by atoms with Crippen molar-refractivity contribution in [1.82, 2.24) is 15.1 Å². The monoisotopic (exact) mass is 315 g/mol. The van der Waals surface area contributed by atoms with Crippen molar-refractivity contribution in [1.29, 1.82) is 0 Å². The average Bonchev–Trinajstić information content (AvgIpc) is 3.12. The number of carbonyl (C=O) groups excluding carboxylic acids is 1. The number of nitrogens with zero attached hydrogens (tertiary/aromatic N) is 2. The van der Waals surface area contributed by atoms with Crippen molar-refractivity contribution >= 4 is 6.03 Å². The van der Waals surface area contributed by atoms with Crippen molar-refractivity contribution in [3.8, 4) is 0 Å². The number of nitrogens with one attached hydrogen (secondary N) is 1. The molecule has 126 valence electrons. The minimum atomic E-state index is 0.132. The zero-order valence-corrected chi connectivity index (χ0v) is 14.0. The predicted molar refractivity (Wildman–Crippen MR) is 93.3 cm³/mol. The number of amides is 2. The standard InChI is InChI=1S/C19H29N3O/c23-19(21-13-6-7-14-21)20-12-11-18-10-4-5-15-22(18)16-17-8-2-1-3-9-17/h1-3,8-9,18H,4-7,10-16H2,(H,20,23). The van der Waals surface area contributed by atoms with E-state index in [-0.39, 0.29) is 6.03 Å². The summed E-state index contributed by atoms with van der Waals surface area (Å²) in [6.45, 7) is 4.86. The van der Waals surface area contributed by atoms with Gasteiger partial charge in [-0.1, -0.05) is 36.8 Å². The number of rotatable bonds is 5. The van der Waals surface area contributed by atoms with Crippen LogP contribution in [0.2, 0.25) is 0 Å². The third-order valence-corrected chi connectivity index (χ3v) is 5.12. The summed E-state index contributed by atoms with van der Waals surface area (Å²) in [6, 6.07) is 11.5. The van der Waals surface area contributed by atoms with E-state index in [4.69, 9.17) is 0 Å². The van der Waals surface area contributed by atoms with E-state index in [1.54, 1.807) is 0 Å². The zero-order chi connectivity index (χ0) is 15.9. The van der Waals surface area contributed by atoms with Gasteiger partial charge in [0.15, 0.2) is 0 Å². The van der Waals surface area contributed by atoms with Gasteiger partial charge in [-0.3, -0.25) is 4.90 Å². The molecule has 4 nitrogen and oxygen atoms in total. The minimum absolute atomic E-state index is 0.132. The van der Waals surface area contributed by atoms with Gasteiger partial charge in [0.05, 0.1) is 0 Å². The lowest BCUT2D eigenvalue weighted by molar-refractivity contribution is 0.131. The van der Waals surface area contributed by atoms with Crippen LogP contribution in [-0.4, -0.2) is 48.1 Å². The highest BCUT2D eigenvalue weighted by molar-refractivity contribution is 5.74. The van der Waals surface area contributed by atoms with Gasteiger partial charge < -0.3 is 10.2 Å². The smallest absolute Gasteiger partial charge is 0.317 e. The normalized spacial score (nSPS) is 22.3. The van der Waals surface area contributed by atoms with Crippen molar-refractivity contribution < 1.29 is 4.79 Å². The molecule has 2 aliphatic rings. The molecule has 2 saturated heterocycles. The summed E-state index contributed by atoms with van der Waals surface area (Å²) in [5.41, 5.74) is 1.39. The molecule has 0 aliphatic carbocycles. The number of hydrogen-bond donors (Lipinski definition) is 1.